The molecule has 0 aliphatic heterocycles. The molecule has 0 aromatic rings. The SMILES string of the molecule is CC/C=C\C/C=C\C/C=C\CCCCCCCC(=O)O[C@H](COC(=O)CCCC(O)C(O)C/C=C\C/C=C\C/C=C\CCCCC)COP(=O)(O)OC[C@@H](O)CO. The van der Waals surface area contributed by atoms with Gasteiger partial charge in [-0.25, -0.2) is 4.57 Å². The molecule has 328 valence electrons. The second kappa shape index (κ2) is 38.8. The molecular formula is C44H75O12P. The van der Waals surface area contributed by atoms with E-state index < -0.39 is 70.6 Å². The molecule has 57 heavy (non-hydrogen) atoms. The minimum absolute atomic E-state index is 0.0799. The zero-order valence-electron chi connectivity index (χ0n) is 34.7. The van der Waals surface area contributed by atoms with Crippen molar-refractivity contribution in [2.24, 2.45) is 0 Å². The number of carbonyl (C=O) groups excluding carboxylic acids is 2. The van der Waals surface area contributed by atoms with Crippen LogP contribution in [-0.4, -0.2) is 88.1 Å². The van der Waals surface area contributed by atoms with E-state index in [1.807, 2.05) is 12.2 Å². The van der Waals surface area contributed by atoms with Crippen molar-refractivity contribution < 1.29 is 58.0 Å². The predicted molar refractivity (Wildman–Crippen MR) is 226 cm³/mol. The Labute approximate surface area is 343 Å². The van der Waals surface area contributed by atoms with Crippen LogP contribution in [-0.2, 0) is 32.7 Å². The molecule has 0 fully saturated rings. The van der Waals surface area contributed by atoms with Crippen LogP contribution in [0.3, 0.4) is 0 Å². The number of carbonyl (C=O) groups is 2. The highest BCUT2D eigenvalue weighted by atomic mass is 31.2. The number of phosphoric ester groups is 1. The Bertz CT molecular complexity index is 1210. The van der Waals surface area contributed by atoms with Crippen LogP contribution in [0.2, 0.25) is 0 Å². The third-order valence-electron chi connectivity index (χ3n) is 8.55. The molecule has 3 unspecified atom stereocenters. The minimum Gasteiger partial charge on any atom is -0.462 e. The number of unbranched alkanes of at least 4 members (excludes halogenated alkanes) is 8. The molecule has 5 atom stereocenters. The summed E-state index contributed by atoms with van der Waals surface area (Å²) < 4.78 is 32.5. The molecule has 0 aliphatic carbocycles. The lowest BCUT2D eigenvalue weighted by molar-refractivity contribution is -0.161. The third-order valence-corrected chi connectivity index (χ3v) is 9.50. The maximum Gasteiger partial charge on any atom is 0.472 e. The molecule has 5 N–H and O–H groups in total. The Morgan fingerprint density at radius 2 is 1.12 bits per heavy atom. The lowest BCUT2D eigenvalue weighted by Gasteiger charge is -2.20. The number of rotatable bonds is 38. The van der Waals surface area contributed by atoms with Crippen molar-refractivity contribution in [3.05, 3.63) is 72.9 Å². The van der Waals surface area contributed by atoms with Gasteiger partial charge in [-0.15, -0.1) is 0 Å². The van der Waals surface area contributed by atoms with Crippen molar-refractivity contribution in [1.29, 1.82) is 0 Å². The van der Waals surface area contributed by atoms with Gasteiger partial charge in [0.25, 0.3) is 0 Å². The highest BCUT2D eigenvalue weighted by Crippen LogP contribution is 2.43. The number of ether oxygens (including phenoxy) is 2. The van der Waals surface area contributed by atoms with Crippen LogP contribution in [0.25, 0.3) is 0 Å². The molecule has 0 aliphatic rings. The van der Waals surface area contributed by atoms with Crippen molar-refractivity contribution in [2.45, 2.75) is 167 Å². The predicted octanol–water partition coefficient (Wildman–Crippen LogP) is 8.83. The molecule has 13 heteroatoms. The van der Waals surface area contributed by atoms with E-state index in [1.54, 1.807) is 0 Å². The fourth-order valence-corrected chi connectivity index (χ4v) is 5.96. The molecule has 0 saturated heterocycles. The Morgan fingerprint density at radius 1 is 0.596 bits per heavy atom. The van der Waals surface area contributed by atoms with Gasteiger partial charge in [0.05, 0.1) is 32.0 Å². The summed E-state index contributed by atoms with van der Waals surface area (Å²) in [6.45, 7) is 1.86. The van der Waals surface area contributed by atoms with Gasteiger partial charge in [0.2, 0.25) is 0 Å². The van der Waals surface area contributed by atoms with Crippen molar-refractivity contribution in [2.75, 3.05) is 26.4 Å². The van der Waals surface area contributed by atoms with Gasteiger partial charge in [0.15, 0.2) is 6.10 Å². The molecule has 0 bridgehead atoms. The van der Waals surface area contributed by atoms with Gasteiger partial charge in [-0.3, -0.25) is 18.6 Å². The second-order valence-electron chi connectivity index (χ2n) is 13.9. The maximum atomic E-state index is 12.6. The molecular weight excluding hydrogens is 751 g/mol. The smallest absolute Gasteiger partial charge is 0.462 e. The standard InChI is InChI=1S/C44H75O12P/c1-3-5-7-9-11-13-15-17-18-19-21-23-25-27-29-33-44(50)56-40(38-55-57(51,52)54-36-39(46)35-45)37-53-43(49)34-30-32-42(48)41(47)31-28-26-24-22-20-16-14-12-10-8-6-4-2/h5,7,11-14,17-18,20,22,26,28,39-42,45-48H,3-4,6,8-10,15-16,19,21,23-25,27,29-38H2,1-2H3,(H,51,52)/b7-5-,13-11-,14-12-,18-17-,22-20-,28-26-/t39-,40+,41?,42?/m0/s1. The van der Waals surface area contributed by atoms with Crippen LogP contribution in [0.5, 0.6) is 0 Å². The molecule has 0 radical (unpaired) electrons. The van der Waals surface area contributed by atoms with E-state index >= 15 is 0 Å². The molecule has 0 aromatic carbocycles. The molecule has 0 rings (SSSR count). The molecule has 12 nitrogen and oxygen atoms in total. The highest BCUT2D eigenvalue weighted by Gasteiger charge is 2.27. The summed E-state index contributed by atoms with van der Waals surface area (Å²) in [4.78, 5) is 35.0. The fourth-order valence-electron chi connectivity index (χ4n) is 5.17. The average molecular weight is 827 g/mol. The van der Waals surface area contributed by atoms with Crippen LogP contribution >= 0.6 is 7.82 Å². The number of esters is 2. The van der Waals surface area contributed by atoms with E-state index in [4.69, 9.17) is 19.1 Å². The Morgan fingerprint density at radius 3 is 1.74 bits per heavy atom. The number of aliphatic hydroxyl groups excluding tert-OH is 4. The van der Waals surface area contributed by atoms with Gasteiger partial charge >= 0.3 is 19.8 Å². The van der Waals surface area contributed by atoms with Crippen LogP contribution in [0, 0.1) is 0 Å². The van der Waals surface area contributed by atoms with E-state index in [1.165, 1.54) is 19.3 Å². The number of phosphoric acid groups is 1. The number of hydrogen-bond acceptors (Lipinski definition) is 11. The highest BCUT2D eigenvalue weighted by molar-refractivity contribution is 7.47. The lowest BCUT2D eigenvalue weighted by atomic mass is 10.0. The van der Waals surface area contributed by atoms with Gasteiger partial charge in [0.1, 0.15) is 12.7 Å². The minimum atomic E-state index is -4.69. The molecule has 0 saturated carbocycles. The maximum absolute atomic E-state index is 12.6. The number of hydrogen-bond donors (Lipinski definition) is 5. The lowest BCUT2D eigenvalue weighted by Crippen LogP contribution is -2.30. The number of allylic oxidation sites excluding steroid dienone is 11. The quantitative estimate of drug-likeness (QED) is 0.0172. The first-order valence-electron chi connectivity index (χ1n) is 21.1. The topological polar surface area (TPSA) is 189 Å². The van der Waals surface area contributed by atoms with Gasteiger partial charge in [-0.05, 0) is 83.5 Å². The monoisotopic (exact) mass is 826 g/mol. The molecule has 0 heterocycles. The van der Waals surface area contributed by atoms with E-state index in [2.05, 4.69) is 79.1 Å². The van der Waals surface area contributed by atoms with Crippen molar-refractivity contribution in [3.63, 3.8) is 0 Å². The first-order chi connectivity index (χ1) is 27.5. The fraction of sp³-hybridized carbons (Fsp3) is 0.682. The van der Waals surface area contributed by atoms with Crippen LogP contribution in [0.15, 0.2) is 72.9 Å². The summed E-state index contributed by atoms with van der Waals surface area (Å²) in [5.74, 6) is -1.24. The zero-order valence-corrected chi connectivity index (χ0v) is 35.6. The van der Waals surface area contributed by atoms with Crippen LogP contribution in [0.1, 0.15) is 142 Å². The van der Waals surface area contributed by atoms with E-state index in [-0.39, 0.29) is 32.1 Å². The van der Waals surface area contributed by atoms with Gasteiger partial charge in [-0.1, -0.05) is 119 Å². The largest absolute Gasteiger partial charge is 0.472 e. The first kappa shape index (κ1) is 54.3. The van der Waals surface area contributed by atoms with E-state index in [0.717, 1.165) is 70.6 Å². The zero-order chi connectivity index (χ0) is 42.2. The molecule has 0 spiro atoms. The van der Waals surface area contributed by atoms with Gasteiger partial charge in [-0.2, -0.15) is 0 Å². The van der Waals surface area contributed by atoms with E-state index in [9.17, 15) is 34.4 Å². The number of aliphatic hydroxyl groups is 4. The summed E-state index contributed by atoms with van der Waals surface area (Å²) >= 11 is 0. The normalized spacial score (nSPS) is 15.7. The average Bonchev–Trinajstić information content (AvgIpc) is 3.19. The summed E-state index contributed by atoms with van der Waals surface area (Å²) in [5.41, 5.74) is 0. The second-order valence-corrected chi connectivity index (χ2v) is 15.4. The summed E-state index contributed by atoms with van der Waals surface area (Å²) in [6.07, 6.45) is 36.1. The summed E-state index contributed by atoms with van der Waals surface area (Å²) in [7, 11) is -4.69. The van der Waals surface area contributed by atoms with Crippen LogP contribution < -0.4 is 0 Å². The van der Waals surface area contributed by atoms with Crippen molar-refractivity contribution >= 4 is 19.8 Å². The summed E-state index contributed by atoms with van der Waals surface area (Å²) in [6, 6.07) is 0. The Hall–Kier alpha value is -2.67. The Balaban J connectivity index is 4.60. The van der Waals surface area contributed by atoms with Crippen molar-refractivity contribution in [1.82, 2.24) is 0 Å². The Kier molecular flexibility index (Phi) is 37.0. The third kappa shape index (κ3) is 37.4. The van der Waals surface area contributed by atoms with Crippen LogP contribution in [0.4, 0.5) is 0 Å². The summed E-state index contributed by atoms with van der Waals surface area (Å²) in [5, 5.41) is 39.0. The van der Waals surface area contributed by atoms with Crippen molar-refractivity contribution in [3.8, 4) is 0 Å². The van der Waals surface area contributed by atoms with E-state index in [0.29, 0.717) is 6.42 Å². The first-order valence-corrected chi connectivity index (χ1v) is 22.6. The van der Waals surface area contributed by atoms with Gasteiger partial charge < -0.3 is 34.8 Å². The molecule has 0 aromatic heterocycles. The van der Waals surface area contributed by atoms with Gasteiger partial charge in [0, 0.05) is 12.8 Å². The molecule has 0 amide bonds.